The zero-order valence-corrected chi connectivity index (χ0v) is 15.5. The summed E-state index contributed by atoms with van der Waals surface area (Å²) in [6.45, 7) is 7.57. The Morgan fingerprint density at radius 2 is 1.80 bits per heavy atom. The summed E-state index contributed by atoms with van der Waals surface area (Å²) in [5.74, 6) is 0.282. The normalized spacial score (nSPS) is 19.6. The third-order valence-electron chi connectivity index (χ3n) is 5.46. The van der Waals surface area contributed by atoms with Crippen LogP contribution in [-0.2, 0) is 17.8 Å². The third-order valence-corrected chi connectivity index (χ3v) is 6.48. The van der Waals surface area contributed by atoms with Crippen LogP contribution in [0.4, 0.5) is 5.69 Å². The highest BCUT2D eigenvalue weighted by molar-refractivity contribution is 7.10. The summed E-state index contributed by atoms with van der Waals surface area (Å²) in [5.41, 5.74) is 2.62. The van der Waals surface area contributed by atoms with Gasteiger partial charge in [0.1, 0.15) is 0 Å². The zero-order chi connectivity index (χ0) is 17.2. The van der Waals surface area contributed by atoms with E-state index in [2.05, 4.69) is 58.5 Å². The highest BCUT2D eigenvalue weighted by Crippen LogP contribution is 2.25. The number of anilines is 1. The van der Waals surface area contributed by atoms with Gasteiger partial charge in [0.2, 0.25) is 5.91 Å². The molecule has 0 unspecified atom stereocenters. The fraction of sp³-hybridized carbons (Fsp3) is 0.450. The molecule has 1 aromatic heterocycles. The Hall–Kier alpha value is -1.85. The third kappa shape index (κ3) is 3.44. The van der Waals surface area contributed by atoms with E-state index in [4.69, 9.17) is 0 Å². The van der Waals surface area contributed by atoms with Crippen LogP contribution < -0.4 is 4.90 Å². The van der Waals surface area contributed by atoms with Gasteiger partial charge in [-0.3, -0.25) is 9.69 Å². The number of rotatable bonds is 3. The van der Waals surface area contributed by atoms with Crippen LogP contribution >= 0.6 is 11.3 Å². The first-order valence-corrected chi connectivity index (χ1v) is 9.98. The van der Waals surface area contributed by atoms with Crippen molar-refractivity contribution in [3.63, 3.8) is 0 Å². The fourth-order valence-corrected chi connectivity index (χ4v) is 4.75. The molecule has 0 N–H and O–H groups in total. The molecule has 4 rings (SSSR count). The Balaban J connectivity index is 1.34. The molecule has 5 heteroatoms. The largest absolute Gasteiger partial charge is 0.369 e. The molecule has 0 spiro atoms. The number of piperazine rings is 1. The molecule has 2 aliphatic rings. The van der Waals surface area contributed by atoms with Crippen LogP contribution in [0.1, 0.15) is 17.4 Å². The number of hydrogen-bond donors (Lipinski definition) is 0. The Morgan fingerprint density at radius 1 is 1.04 bits per heavy atom. The Morgan fingerprint density at radius 3 is 2.56 bits per heavy atom. The lowest BCUT2D eigenvalue weighted by Crippen LogP contribution is -2.55. The van der Waals surface area contributed by atoms with E-state index in [0.717, 1.165) is 45.7 Å². The molecular formula is C20H25N3OS. The maximum Gasteiger partial charge on any atom is 0.239 e. The van der Waals surface area contributed by atoms with E-state index in [1.807, 2.05) is 16.2 Å². The molecule has 3 heterocycles. The number of fused-ring (bicyclic) bond motifs is 1. The van der Waals surface area contributed by atoms with Crippen molar-refractivity contribution in [1.29, 1.82) is 0 Å². The minimum Gasteiger partial charge on any atom is -0.369 e. The molecule has 0 aliphatic carbocycles. The predicted octanol–water partition coefficient (Wildman–Crippen LogP) is 2.84. The molecule has 0 saturated carbocycles. The molecule has 132 valence electrons. The lowest BCUT2D eigenvalue weighted by Gasteiger charge is -2.40. The Labute approximate surface area is 153 Å². The molecule has 4 nitrogen and oxygen atoms in total. The van der Waals surface area contributed by atoms with Gasteiger partial charge in [-0.25, -0.2) is 0 Å². The molecule has 1 amide bonds. The summed E-state index contributed by atoms with van der Waals surface area (Å²) < 4.78 is 0. The maximum absolute atomic E-state index is 13.0. The van der Waals surface area contributed by atoms with Gasteiger partial charge >= 0.3 is 0 Å². The van der Waals surface area contributed by atoms with Gasteiger partial charge in [0, 0.05) is 49.8 Å². The average molecular weight is 356 g/mol. The van der Waals surface area contributed by atoms with Crippen LogP contribution in [0.5, 0.6) is 0 Å². The van der Waals surface area contributed by atoms with Gasteiger partial charge in [0.25, 0.3) is 0 Å². The summed E-state index contributed by atoms with van der Waals surface area (Å²) in [6, 6.07) is 12.7. The van der Waals surface area contributed by atoms with Gasteiger partial charge in [-0.2, -0.15) is 0 Å². The van der Waals surface area contributed by atoms with E-state index >= 15 is 0 Å². The summed E-state index contributed by atoms with van der Waals surface area (Å²) in [4.78, 5) is 21.2. The van der Waals surface area contributed by atoms with Crippen molar-refractivity contribution in [3.8, 4) is 0 Å². The molecule has 1 atom stereocenters. The number of amides is 1. The topological polar surface area (TPSA) is 26.8 Å². The molecule has 0 radical (unpaired) electrons. The van der Waals surface area contributed by atoms with Crippen LogP contribution in [0.25, 0.3) is 0 Å². The number of nitrogens with zero attached hydrogens (tertiary/aromatic N) is 3. The SMILES string of the molecule is C[C@H](C(=O)N1CCc2sccc2C1)N1CCN(c2ccccc2)CC1. The highest BCUT2D eigenvalue weighted by atomic mass is 32.1. The minimum atomic E-state index is -0.0295. The van der Waals surface area contributed by atoms with Crippen molar-refractivity contribution in [2.45, 2.75) is 25.9 Å². The van der Waals surface area contributed by atoms with Crippen molar-refractivity contribution in [1.82, 2.24) is 9.80 Å². The van der Waals surface area contributed by atoms with Crippen LogP contribution in [0, 0.1) is 0 Å². The Kier molecular flexibility index (Phi) is 4.77. The number of hydrogen-bond acceptors (Lipinski definition) is 4. The number of para-hydroxylation sites is 1. The number of benzene rings is 1. The van der Waals surface area contributed by atoms with Crippen molar-refractivity contribution in [2.75, 3.05) is 37.6 Å². The highest BCUT2D eigenvalue weighted by Gasteiger charge is 2.30. The minimum absolute atomic E-state index is 0.0295. The van der Waals surface area contributed by atoms with Crippen molar-refractivity contribution < 1.29 is 4.79 Å². The van der Waals surface area contributed by atoms with Gasteiger partial charge in [-0.05, 0) is 42.5 Å². The predicted molar refractivity (Wildman–Crippen MR) is 103 cm³/mol. The number of carbonyl (C=O) groups excluding carboxylic acids is 1. The van der Waals surface area contributed by atoms with Crippen LogP contribution in [0.3, 0.4) is 0 Å². The second-order valence-corrected chi connectivity index (χ2v) is 7.91. The van der Waals surface area contributed by atoms with E-state index in [-0.39, 0.29) is 11.9 Å². The van der Waals surface area contributed by atoms with Gasteiger partial charge < -0.3 is 9.80 Å². The Bertz CT molecular complexity index is 722. The van der Waals surface area contributed by atoms with Gasteiger partial charge in [0.05, 0.1) is 6.04 Å². The first-order valence-electron chi connectivity index (χ1n) is 9.10. The standard InChI is InChI=1S/C20H25N3OS/c1-16(20(24)23-9-7-19-17(15-23)8-14-25-19)21-10-12-22(13-11-21)18-5-3-2-4-6-18/h2-6,8,14,16H,7,9-13,15H2,1H3/t16-/m1/s1. The van der Waals surface area contributed by atoms with E-state index in [0.29, 0.717) is 0 Å². The van der Waals surface area contributed by atoms with E-state index in [1.165, 1.54) is 16.1 Å². The van der Waals surface area contributed by atoms with Crippen molar-refractivity contribution >= 4 is 22.9 Å². The molecular weight excluding hydrogens is 330 g/mol. The second kappa shape index (κ2) is 7.18. The van der Waals surface area contributed by atoms with Gasteiger partial charge in [0.15, 0.2) is 0 Å². The lowest BCUT2D eigenvalue weighted by atomic mass is 10.1. The van der Waals surface area contributed by atoms with Crippen LogP contribution in [0.15, 0.2) is 41.8 Å². The fourth-order valence-electron chi connectivity index (χ4n) is 3.86. The first-order chi connectivity index (χ1) is 12.2. The average Bonchev–Trinajstić information content (AvgIpc) is 3.15. The van der Waals surface area contributed by atoms with E-state index in [9.17, 15) is 4.79 Å². The van der Waals surface area contributed by atoms with Gasteiger partial charge in [-0.1, -0.05) is 18.2 Å². The second-order valence-electron chi connectivity index (χ2n) is 6.91. The maximum atomic E-state index is 13.0. The number of thiophene rings is 1. The monoisotopic (exact) mass is 355 g/mol. The quantitative estimate of drug-likeness (QED) is 0.847. The van der Waals surface area contributed by atoms with E-state index < -0.39 is 0 Å². The molecule has 1 saturated heterocycles. The summed E-state index contributed by atoms with van der Waals surface area (Å²) >= 11 is 1.82. The van der Waals surface area contributed by atoms with E-state index in [1.54, 1.807) is 0 Å². The molecule has 1 aromatic carbocycles. The number of carbonyl (C=O) groups is 1. The summed E-state index contributed by atoms with van der Waals surface area (Å²) in [5, 5.41) is 2.14. The zero-order valence-electron chi connectivity index (χ0n) is 14.7. The van der Waals surface area contributed by atoms with Crippen LogP contribution in [0.2, 0.25) is 0 Å². The van der Waals surface area contributed by atoms with Crippen molar-refractivity contribution in [3.05, 3.63) is 52.2 Å². The first kappa shape index (κ1) is 16.6. The van der Waals surface area contributed by atoms with Crippen molar-refractivity contribution in [2.24, 2.45) is 0 Å². The molecule has 2 aromatic rings. The van der Waals surface area contributed by atoms with Gasteiger partial charge in [-0.15, -0.1) is 11.3 Å². The molecule has 0 bridgehead atoms. The molecule has 1 fully saturated rings. The summed E-state index contributed by atoms with van der Waals surface area (Å²) in [6.07, 6.45) is 1.01. The summed E-state index contributed by atoms with van der Waals surface area (Å²) in [7, 11) is 0. The molecule has 25 heavy (non-hydrogen) atoms. The smallest absolute Gasteiger partial charge is 0.239 e. The van der Waals surface area contributed by atoms with Crippen LogP contribution in [-0.4, -0.2) is 54.5 Å². The molecule has 2 aliphatic heterocycles. The lowest BCUT2D eigenvalue weighted by molar-refractivity contribution is -0.137.